The number of halogens is 1. The van der Waals surface area contributed by atoms with E-state index in [0.29, 0.717) is 32.8 Å². The number of nitrogens with one attached hydrogen (secondary N) is 1. The van der Waals surface area contributed by atoms with Crippen molar-refractivity contribution in [1.82, 2.24) is 14.8 Å². The Hall–Kier alpha value is -3.68. The zero-order chi connectivity index (χ0) is 22.9. The summed E-state index contributed by atoms with van der Waals surface area (Å²) in [6.07, 6.45) is 0. The van der Waals surface area contributed by atoms with Gasteiger partial charge in [0.2, 0.25) is 5.13 Å². The van der Waals surface area contributed by atoms with Crippen LogP contribution < -0.4 is 10.3 Å². The smallest absolute Gasteiger partial charge is 0.283 e. The van der Waals surface area contributed by atoms with Gasteiger partial charge in [-0.3, -0.25) is 14.9 Å². The zero-order valence-electron chi connectivity index (χ0n) is 17.9. The summed E-state index contributed by atoms with van der Waals surface area (Å²) in [6.45, 7) is 1.81. The summed E-state index contributed by atoms with van der Waals surface area (Å²) in [5, 5.41) is 4.34. The van der Waals surface area contributed by atoms with Crippen LogP contribution >= 0.6 is 22.9 Å². The molecule has 0 unspecified atom stereocenters. The minimum absolute atomic E-state index is 0.229. The van der Waals surface area contributed by atoms with Crippen LogP contribution in [0.5, 0.6) is 5.75 Å². The number of thiazole rings is 1. The van der Waals surface area contributed by atoms with Gasteiger partial charge in [-0.15, -0.1) is 0 Å². The molecule has 0 aliphatic heterocycles. The van der Waals surface area contributed by atoms with Crippen molar-refractivity contribution in [3.63, 3.8) is 0 Å². The number of para-hydroxylation sites is 2. The van der Waals surface area contributed by atoms with E-state index in [2.05, 4.69) is 15.1 Å². The molecule has 164 valence electrons. The fraction of sp³-hybridized carbons (Fsp3) is 0.0800. The van der Waals surface area contributed by atoms with E-state index in [9.17, 15) is 4.79 Å². The Morgan fingerprint density at radius 3 is 2.52 bits per heavy atom. The van der Waals surface area contributed by atoms with E-state index in [4.69, 9.17) is 16.3 Å². The topological polar surface area (TPSA) is 72.3 Å². The first-order valence-electron chi connectivity index (χ1n) is 10.2. The number of rotatable bonds is 5. The van der Waals surface area contributed by atoms with Gasteiger partial charge in [0.05, 0.1) is 45.0 Å². The summed E-state index contributed by atoms with van der Waals surface area (Å²) in [4.78, 5) is 23.0. The van der Waals surface area contributed by atoms with Crippen LogP contribution in [0.3, 0.4) is 0 Å². The van der Waals surface area contributed by atoms with Crippen molar-refractivity contribution in [2.24, 2.45) is 4.99 Å². The quantitative estimate of drug-likeness (QED) is 0.306. The van der Waals surface area contributed by atoms with Crippen molar-refractivity contribution >= 4 is 44.6 Å². The van der Waals surface area contributed by atoms with Crippen molar-refractivity contribution in [1.29, 1.82) is 0 Å². The van der Waals surface area contributed by atoms with Gasteiger partial charge in [-0.25, -0.2) is 4.98 Å². The standard InChI is InChI=1S/C25H19ClN4O2S/c1-15(27-19-8-4-3-7-18(19)26)22-23(16-11-13-17(32-2)14-12-16)29-30(24(22)31)25-28-20-9-5-6-10-21(20)33-25/h3-14,29H,1-2H3. The zero-order valence-corrected chi connectivity index (χ0v) is 19.4. The molecule has 0 atom stereocenters. The molecule has 6 nitrogen and oxygen atoms in total. The molecule has 0 bridgehead atoms. The largest absolute Gasteiger partial charge is 0.497 e. The highest BCUT2D eigenvalue weighted by Crippen LogP contribution is 2.29. The van der Waals surface area contributed by atoms with E-state index in [0.717, 1.165) is 21.5 Å². The third-order valence-corrected chi connectivity index (χ3v) is 6.59. The third-order valence-electron chi connectivity index (χ3n) is 5.25. The molecular formula is C25H19ClN4O2S. The van der Waals surface area contributed by atoms with Gasteiger partial charge in [0, 0.05) is 5.56 Å². The maximum absolute atomic E-state index is 13.6. The number of hydrogen-bond acceptors (Lipinski definition) is 5. The summed E-state index contributed by atoms with van der Waals surface area (Å²) in [5.74, 6) is 0.731. The molecule has 33 heavy (non-hydrogen) atoms. The lowest BCUT2D eigenvalue weighted by atomic mass is 10.0. The van der Waals surface area contributed by atoms with Crippen molar-refractivity contribution < 1.29 is 4.74 Å². The molecule has 0 aliphatic carbocycles. The van der Waals surface area contributed by atoms with Gasteiger partial charge in [0.25, 0.3) is 5.56 Å². The first-order chi connectivity index (χ1) is 16.0. The van der Waals surface area contributed by atoms with Crippen molar-refractivity contribution in [2.45, 2.75) is 6.92 Å². The van der Waals surface area contributed by atoms with Crippen LogP contribution in [0.25, 0.3) is 26.6 Å². The second-order valence-electron chi connectivity index (χ2n) is 7.34. The van der Waals surface area contributed by atoms with Gasteiger partial charge in [-0.1, -0.05) is 47.2 Å². The maximum Gasteiger partial charge on any atom is 0.283 e. The number of ether oxygens (including phenoxy) is 1. The first kappa shape index (κ1) is 21.2. The number of H-pyrrole nitrogens is 1. The molecule has 8 heteroatoms. The Morgan fingerprint density at radius 1 is 1.06 bits per heavy atom. The average Bonchev–Trinajstić information content (AvgIpc) is 3.41. The van der Waals surface area contributed by atoms with Gasteiger partial charge in [-0.2, -0.15) is 4.68 Å². The monoisotopic (exact) mass is 474 g/mol. The van der Waals surface area contributed by atoms with Crippen molar-refractivity contribution in [3.8, 4) is 22.1 Å². The van der Waals surface area contributed by atoms with Gasteiger partial charge < -0.3 is 4.74 Å². The highest BCUT2D eigenvalue weighted by atomic mass is 35.5. The summed E-state index contributed by atoms with van der Waals surface area (Å²) >= 11 is 7.76. The van der Waals surface area contributed by atoms with Crippen molar-refractivity contribution in [3.05, 3.63) is 93.7 Å². The number of nitrogens with zero attached hydrogens (tertiary/aromatic N) is 3. The van der Waals surface area contributed by atoms with Gasteiger partial charge in [0.15, 0.2) is 0 Å². The Labute approximate surface area is 198 Å². The second-order valence-corrected chi connectivity index (χ2v) is 8.76. The lowest BCUT2D eigenvalue weighted by Gasteiger charge is -2.05. The summed E-state index contributed by atoms with van der Waals surface area (Å²) in [6, 6.07) is 22.6. The Morgan fingerprint density at radius 2 is 1.79 bits per heavy atom. The molecule has 5 aromatic rings. The van der Waals surface area contributed by atoms with Gasteiger partial charge in [-0.05, 0) is 55.5 Å². The normalized spacial score (nSPS) is 11.8. The van der Waals surface area contributed by atoms with Gasteiger partial charge >= 0.3 is 0 Å². The first-order valence-corrected chi connectivity index (χ1v) is 11.4. The van der Waals surface area contributed by atoms with Crippen LogP contribution in [0.2, 0.25) is 5.02 Å². The minimum Gasteiger partial charge on any atom is -0.497 e. The maximum atomic E-state index is 13.6. The fourth-order valence-electron chi connectivity index (χ4n) is 3.61. The van der Waals surface area contributed by atoms with E-state index in [1.54, 1.807) is 13.2 Å². The molecule has 3 aromatic carbocycles. The van der Waals surface area contributed by atoms with E-state index in [-0.39, 0.29) is 5.56 Å². The summed E-state index contributed by atoms with van der Waals surface area (Å²) < 4.78 is 7.76. The predicted molar refractivity (Wildman–Crippen MR) is 135 cm³/mol. The molecule has 5 rings (SSSR count). The number of fused-ring (bicyclic) bond motifs is 1. The molecule has 0 radical (unpaired) electrons. The molecule has 0 amide bonds. The minimum atomic E-state index is -0.229. The molecule has 2 aromatic heterocycles. The van der Waals surface area contributed by atoms with Crippen LogP contribution in [0.15, 0.2) is 82.6 Å². The van der Waals surface area contributed by atoms with Crippen LogP contribution in [-0.2, 0) is 0 Å². The number of methoxy groups -OCH3 is 1. The highest BCUT2D eigenvalue weighted by molar-refractivity contribution is 7.20. The Kier molecular flexibility index (Phi) is 5.58. The lowest BCUT2D eigenvalue weighted by molar-refractivity contribution is 0.415. The van der Waals surface area contributed by atoms with E-state index >= 15 is 0 Å². The molecule has 0 fully saturated rings. The predicted octanol–water partition coefficient (Wildman–Crippen LogP) is 6.25. The average molecular weight is 475 g/mol. The third kappa shape index (κ3) is 3.97. The Bertz CT molecular complexity index is 1510. The molecule has 1 N–H and O–H groups in total. The van der Waals surface area contributed by atoms with E-state index in [1.165, 1.54) is 16.0 Å². The molecule has 0 aliphatic rings. The number of benzene rings is 3. The van der Waals surface area contributed by atoms with Crippen LogP contribution in [0.4, 0.5) is 5.69 Å². The number of aliphatic imine (C=N–C) groups is 1. The SMILES string of the molecule is COc1ccc(-c2[nH]n(-c3nc4ccccc4s3)c(=O)c2C(C)=Nc2ccccc2Cl)cc1. The molecule has 0 spiro atoms. The van der Waals surface area contributed by atoms with Crippen LogP contribution in [-0.4, -0.2) is 27.6 Å². The number of aromatic nitrogens is 3. The molecular weight excluding hydrogens is 456 g/mol. The Balaban J connectivity index is 1.72. The number of hydrogen-bond donors (Lipinski definition) is 1. The summed E-state index contributed by atoms with van der Waals surface area (Å²) in [7, 11) is 1.62. The van der Waals surface area contributed by atoms with Crippen molar-refractivity contribution in [2.75, 3.05) is 7.11 Å². The fourth-order valence-corrected chi connectivity index (χ4v) is 4.71. The number of aromatic amines is 1. The van der Waals surface area contributed by atoms with Gasteiger partial charge in [0.1, 0.15) is 5.75 Å². The molecule has 0 saturated carbocycles. The highest BCUT2D eigenvalue weighted by Gasteiger charge is 2.21. The van der Waals surface area contributed by atoms with E-state index < -0.39 is 0 Å². The van der Waals surface area contributed by atoms with E-state index in [1.807, 2.05) is 73.7 Å². The summed E-state index contributed by atoms with van der Waals surface area (Å²) in [5.41, 5.74) is 3.70. The van der Waals surface area contributed by atoms with Crippen LogP contribution in [0, 0.1) is 0 Å². The van der Waals surface area contributed by atoms with Crippen LogP contribution in [0.1, 0.15) is 12.5 Å². The molecule has 0 saturated heterocycles. The molecule has 2 heterocycles. The second kappa shape index (κ2) is 8.69. The lowest BCUT2D eigenvalue weighted by Crippen LogP contribution is -2.19.